The van der Waals surface area contributed by atoms with Crippen molar-refractivity contribution in [3.63, 3.8) is 0 Å². The van der Waals surface area contributed by atoms with Gasteiger partial charge in [0.2, 0.25) is 0 Å². The minimum atomic E-state index is -0.670. The summed E-state index contributed by atoms with van der Waals surface area (Å²) in [6.45, 7) is 0.0700. The molecule has 2 N–H and O–H groups in total. The van der Waals surface area contributed by atoms with Gasteiger partial charge in [-0.2, -0.15) is 0 Å². The molecule has 0 aromatic heterocycles. The largest absolute Gasteiger partial charge is 0.380 e. The van der Waals surface area contributed by atoms with Crippen LogP contribution in [0.5, 0.6) is 0 Å². The number of benzene rings is 1. The van der Waals surface area contributed by atoms with E-state index in [-0.39, 0.29) is 17.7 Å². The molecule has 2 rings (SSSR count). The van der Waals surface area contributed by atoms with Gasteiger partial charge in [0.25, 0.3) is 0 Å². The van der Waals surface area contributed by atoms with Crippen LogP contribution in [0.1, 0.15) is 30.4 Å². The standard InChI is InChI=1S/C12H15F2NO/c1-16-7-8-5-11(14)9(6-10(8)13)12(15)3-2-4-12/h5-6H,2-4,7,15H2,1H3. The van der Waals surface area contributed by atoms with Gasteiger partial charge in [0, 0.05) is 23.8 Å². The van der Waals surface area contributed by atoms with E-state index in [1.54, 1.807) is 0 Å². The first kappa shape index (κ1) is 11.5. The number of rotatable bonds is 3. The fourth-order valence-corrected chi connectivity index (χ4v) is 2.06. The average molecular weight is 227 g/mol. The second-order valence-corrected chi connectivity index (χ2v) is 4.37. The molecule has 0 radical (unpaired) electrons. The molecular weight excluding hydrogens is 212 g/mol. The van der Waals surface area contributed by atoms with Gasteiger partial charge in [0.1, 0.15) is 11.6 Å². The van der Waals surface area contributed by atoms with Crippen LogP contribution in [-0.4, -0.2) is 7.11 Å². The molecule has 0 spiro atoms. The first-order chi connectivity index (χ1) is 7.57. The molecule has 1 aromatic rings. The van der Waals surface area contributed by atoms with Gasteiger partial charge in [-0.15, -0.1) is 0 Å². The van der Waals surface area contributed by atoms with Crippen LogP contribution >= 0.6 is 0 Å². The molecule has 0 bridgehead atoms. The Hall–Kier alpha value is -1.00. The highest BCUT2D eigenvalue weighted by atomic mass is 19.1. The smallest absolute Gasteiger partial charge is 0.129 e. The number of hydrogen-bond acceptors (Lipinski definition) is 2. The number of halogens is 2. The van der Waals surface area contributed by atoms with Crippen molar-refractivity contribution in [1.29, 1.82) is 0 Å². The molecule has 1 aromatic carbocycles. The van der Waals surface area contributed by atoms with Crippen LogP contribution in [0.25, 0.3) is 0 Å². The van der Waals surface area contributed by atoms with E-state index in [1.165, 1.54) is 19.2 Å². The van der Waals surface area contributed by atoms with Gasteiger partial charge in [-0.25, -0.2) is 8.78 Å². The zero-order chi connectivity index (χ0) is 11.8. The van der Waals surface area contributed by atoms with Gasteiger partial charge in [-0.1, -0.05) is 0 Å². The maximum Gasteiger partial charge on any atom is 0.129 e. The van der Waals surface area contributed by atoms with Gasteiger partial charge >= 0.3 is 0 Å². The topological polar surface area (TPSA) is 35.2 Å². The molecule has 0 unspecified atom stereocenters. The zero-order valence-electron chi connectivity index (χ0n) is 9.22. The van der Waals surface area contributed by atoms with E-state index in [4.69, 9.17) is 10.5 Å². The van der Waals surface area contributed by atoms with Crippen molar-refractivity contribution in [1.82, 2.24) is 0 Å². The van der Waals surface area contributed by atoms with Crippen molar-refractivity contribution in [3.05, 3.63) is 34.9 Å². The predicted octanol–water partition coefficient (Wildman–Crippen LogP) is 2.45. The van der Waals surface area contributed by atoms with Crippen LogP contribution < -0.4 is 5.73 Å². The molecule has 1 fully saturated rings. The highest BCUT2D eigenvalue weighted by Gasteiger charge is 2.37. The van der Waals surface area contributed by atoms with Crippen LogP contribution in [0.15, 0.2) is 12.1 Å². The Balaban J connectivity index is 2.37. The molecule has 0 heterocycles. The number of nitrogens with two attached hydrogens (primary N) is 1. The monoisotopic (exact) mass is 227 g/mol. The fraction of sp³-hybridized carbons (Fsp3) is 0.500. The second kappa shape index (κ2) is 4.11. The molecule has 88 valence electrons. The van der Waals surface area contributed by atoms with Crippen molar-refractivity contribution in [3.8, 4) is 0 Å². The van der Waals surface area contributed by atoms with Gasteiger partial charge in [0.15, 0.2) is 0 Å². The van der Waals surface area contributed by atoms with Crippen LogP contribution in [0.3, 0.4) is 0 Å². The van der Waals surface area contributed by atoms with Crippen molar-refractivity contribution >= 4 is 0 Å². The van der Waals surface area contributed by atoms with Gasteiger partial charge in [-0.05, 0) is 31.4 Å². The molecular formula is C12H15F2NO. The summed E-state index contributed by atoms with van der Waals surface area (Å²) in [5.74, 6) is -0.884. The molecule has 1 saturated carbocycles. The summed E-state index contributed by atoms with van der Waals surface area (Å²) >= 11 is 0. The van der Waals surface area contributed by atoms with Crippen molar-refractivity contribution < 1.29 is 13.5 Å². The van der Waals surface area contributed by atoms with E-state index in [2.05, 4.69) is 0 Å². The molecule has 4 heteroatoms. The third-order valence-corrected chi connectivity index (χ3v) is 3.22. The van der Waals surface area contributed by atoms with E-state index in [9.17, 15) is 8.78 Å². The fourth-order valence-electron chi connectivity index (χ4n) is 2.06. The summed E-state index contributed by atoms with van der Waals surface area (Å²) in [4.78, 5) is 0. The summed E-state index contributed by atoms with van der Waals surface area (Å²) < 4.78 is 32.2. The summed E-state index contributed by atoms with van der Waals surface area (Å²) in [7, 11) is 1.45. The maximum atomic E-state index is 13.8. The lowest BCUT2D eigenvalue weighted by Gasteiger charge is -2.38. The Morgan fingerprint density at radius 2 is 2.00 bits per heavy atom. The minimum absolute atomic E-state index is 0.0700. The maximum absolute atomic E-state index is 13.8. The summed E-state index contributed by atoms with van der Waals surface area (Å²) in [5.41, 5.74) is 5.83. The number of methoxy groups -OCH3 is 1. The highest BCUT2D eigenvalue weighted by molar-refractivity contribution is 5.32. The van der Waals surface area contributed by atoms with Crippen LogP contribution in [0.2, 0.25) is 0 Å². The van der Waals surface area contributed by atoms with Crippen LogP contribution in [0, 0.1) is 11.6 Å². The lowest BCUT2D eigenvalue weighted by molar-refractivity contribution is 0.180. The van der Waals surface area contributed by atoms with Crippen LogP contribution in [-0.2, 0) is 16.9 Å². The normalized spacial score (nSPS) is 18.2. The third-order valence-electron chi connectivity index (χ3n) is 3.22. The molecule has 1 aliphatic rings. The Morgan fingerprint density at radius 3 is 2.50 bits per heavy atom. The third kappa shape index (κ3) is 1.83. The molecule has 16 heavy (non-hydrogen) atoms. The van der Waals surface area contributed by atoms with E-state index >= 15 is 0 Å². The number of hydrogen-bond donors (Lipinski definition) is 1. The summed E-state index contributed by atoms with van der Waals surface area (Å²) in [6, 6.07) is 2.39. The predicted molar refractivity (Wildman–Crippen MR) is 56.8 cm³/mol. The molecule has 0 saturated heterocycles. The number of ether oxygens (including phenoxy) is 1. The van der Waals surface area contributed by atoms with Gasteiger partial charge in [-0.3, -0.25) is 0 Å². The molecule has 1 aliphatic carbocycles. The SMILES string of the molecule is COCc1cc(F)c(C2(N)CCC2)cc1F. The summed E-state index contributed by atoms with van der Waals surface area (Å²) in [5, 5.41) is 0. The minimum Gasteiger partial charge on any atom is -0.380 e. The average Bonchev–Trinajstić information content (AvgIpc) is 2.20. The van der Waals surface area contributed by atoms with Crippen LogP contribution in [0.4, 0.5) is 8.78 Å². The molecule has 0 atom stereocenters. The Kier molecular flexibility index (Phi) is 2.95. The lowest BCUT2D eigenvalue weighted by Crippen LogP contribution is -2.44. The van der Waals surface area contributed by atoms with E-state index in [0.29, 0.717) is 12.8 Å². The van der Waals surface area contributed by atoms with Gasteiger partial charge < -0.3 is 10.5 Å². The van der Waals surface area contributed by atoms with Crippen molar-refractivity contribution in [2.45, 2.75) is 31.4 Å². The molecule has 0 amide bonds. The quantitative estimate of drug-likeness (QED) is 0.860. The Bertz CT molecular complexity index is 402. The Morgan fingerprint density at radius 1 is 1.31 bits per heavy atom. The van der Waals surface area contributed by atoms with E-state index < -0.39 is 17.2 Å². The van der Waals surface area contributed by atoms with E-state index in [1.807, 2.05) is 0 Å². The first-order valence-electron chi connectivity index (χ1n) is 5.33. The molecule has 0 aliphatic heterocycles. The van der Waals surface area contributed by atoms with Crippen molar-refractivity contribution in [2.75, 3.05) is 7.11 Å². The first-order valence-corrected chi connectivity index (χ1v) is 5.33. The highest BCUT2D eigenvalue weighted by Crippen LogP contribution is 2.40. The zero-order valence-corrected chi connectivity index (χ0v) is 9.22. The van der Waals surface area contributed by atoms with Gasteiger partial charge in [0.05, 0.1) is 6.61 Å². The Labute approximate surface area is 93.4 Å². The molecule has 2 nitrogen and oxygen atoms in total. The second-order valence-electron chi connectivity index (χ2n) is 4.37. The summed E-state index contributed by atoms with van der Waals surface area (Å²) in [6.07, 6.45) is 2.40. The van der Waals surface area contributed by atoms with E-state index in [0.717, 1.165) is 6.42 Å². The van der Waals surface area contributed by atoms with Crippen molar-refractivity contribution in [2.24, 2.45) is 5.73 Å². The lowest BCUT2D eigenvalue weighted by atomic mass is 9.72.